The number of para-hydroxylation sites is 1. The number of hydrogen-bond acceptors (Lipinski definition) is 4. The summed E-state index contributed by atoms with van der Waals surface area (Å²) in [6, 6.07) is 18.4. The quantitative estimate of drug-likeness (QED) is 0.637. The Morgan fingerprint density at radius 2 is 1.67 bits per heavy atom. The number of halogens is 1. The van der Waals surface area contributed by atoms with E-state index in [9.17, 15) is 9.59 Å². The number of amides is 2. The molecule has 0 unspecified atom stereocenters. The van der Waals surface area contributed by atoms with E-state index in [0.29, 0.717) is 26.2 Å². The van der Waals surface area contributed by atoms with Crippen molar-refractivity contribution in [1.29, 1.82) is 0 Å². The fourth-order valence-corrected chi connectivity index (χ4v) is 3.72. The van der Waals surface area contributed by atoms with Gasteiger partial charge >= 0.3 is 6.03 Å². The highest BCUT2D eigenvalue weighted by molar-refractivity contribution is 9.10. The first-order chi connectivity index (χ1) is 14.5. The Morgan fingerprint density at radius 3 is 2.37 bits per heavy atom. The van der Waals surface area contributed by atoms with Crippen LogP contribution in [-0.2, 0) is 0 Å². The summed E-state index contributed by atoms with van der Waals surface area (Å²) in [5, 5.41) is 7.49. The van der Waals surface area contributed by atoms with E-state index in [1.165, 1.54) is 10.7 Å². The number of nitrogens with zero attached hydrogens (tertiary/aromatic N) is 4. The fourth-order valence-electron chi connectivity index (χ4n) is 3.34. The van der Waals surface area contributed by atoms with Gasteiger partial charge in [-0.25, -0.2) is 4.79 Å². The second-order valence-electron chi connectivity index (χ2n) is 7.16. The zero-order valence-electron chi connectivity index (χ0n) is 16.6. The molecule has 0 spiro atoms. The number of nitrogens with one attached hydrogen (secondary N) is 1. The van der Waals surface area contributed by atoms with Gasteiger partial charge in [-0.05, 0) is 53.2 Å². The summed E-state index contributed by atoms with van der Waals surface area (Å²) in [6.07, 6.45) is 0. The fraction of sp³-hybridized carbons (Fsp3) is 0.227. The Kier molecular flexibility index (Phi) is 5.85. The number of hydrogen-bond donors (Lipinski definition) is 1. The lowest BCUT2D eigenvalue weighted by molar-refractivity contribution is 0.208. The largest absolute Gasteiger partial charge is 0.352 e. The Balaban J connectivity index is 1.43. The molecular formula is C22H22BrN5O2. The van der Waals surface area contributed by atoms with E-state index in [0.717, 1.165) is 27.2 Å². The maximum atomic E-state index is 12.6. The van der Waals surface area contributed by atoms with Crippen molar-refractivity contribution in [2.75, 3.05) is 36.4 Å². The van der Waals surface area contributed by atoms with Gasteiger partial charge in [-0.1, -0.05) is 29.8 Å². The summed E-state index contributed by atoms with van der Waals surface area (Å²) in [4.78, 5) is 28.8. The zero-order chi connectivity index (χ0) is 21.1. The average Bonchev–Trinajstić information content (AvgIpc) is 2.76. The molecule has 1 fully saturated rings. The molecule has 1 aliphatic heterocycles. The third-order valence-electron chi connectivity index (χ3n) is 5.07. The standard InChI is InChI=1S/C22H22BrN5O2/c1-16-6-8-17(9-7-16)28-21(29)11-10-20(25-28)26-12-14-27(15-13-26)22(30)24-19-5-3-2-4-18(19)23/h2-11H,12-15H2,1H3,(H,24,30). The second kappa shape index (κ2) is 8.71. The molecule has 2 amide bonds. The third-order valence-corrected chi connectivity index (χ3v) is 5.76. The maximum absolute atomic E-state index is 12.6. The van der Waals surface area contributed by atoms with Gasteiger partial charge in [0, 0.05) is 36.7 Å². The smallest absolute Gasteiger partial charge is 0.321 e. The summed E-state index contributed by atoms with van der Waals surface area (Å²) in [7, 11) is 0. The van der Waals surface area contributed by atoms with Crippen LogP contribution in [0.3, 0.4) is 0 Å². The molecular weight excluding hydrogens is 446 g/mol. The number of anilines is 2. The summed E-state index contributed by atoms with van der Waals surface area (Å²) in [5.41, 5.74) is 2.43. The van der Waals surface area contributed by atoms with E-state index in [1.807, 2.05) is 55.5 Å². The number of aromatic nitrogens is 2. The van der Waals surface area contributed by atoms with Gasteiger partial charge in [-0.2, -0.15) is 4.68 Å². The van der Waals surface area contributed by atoms with Crippen LogP contribution in [-0.4, -0.2) is 46.9 Å². The molecule has 1 N–H and O–H groups in total. The minimum atomic E-state index is -0.172. The van der Waals surface area contributed by atoms with Gasteiger partial charge in [0.15, 0.2) is 0 Å². The Labute approximate surface area is 183 Å². The number of piperazine rings is 1. The van der Waals surface area contributed by atoms with Crippen LogP contribution in [0.1, 0.15) is 5.56 Å². The molecule has 0 atom stereocenters. The number of carbonyl (C=O) groups is 1. The third kappa shape index (κ3) is 4.38. The van der Waals surface area contributed by atoms with Gasteiger partial charge in [-0.15, -0.1) is 5.10 Å². The Bertz CT molecular complexity index is 1110. The molecule has 0 radical (unpaired) electrons. The first kappa shape index (κ1) is 20.2. The summed E-state index contributed by atoms with van der Waals surface area (Å²) in [6.45, 7) is 4.43. The molecule has 0 aliphatic carbocycles. The highest BCUT2D eigenvalue weighted by Crippen LogP contribution is 2.22. The van der Waals surface area contributed by atoms with Gasteiger partial charge in [0.1, 0.15) is 5.82 Å². The van der Waals surface area contributed by atoms with Crippen LogP contribution in [0.25, 0.3) is 5.69 Å². The van der Waals surface area contributed by atoms with E-state index in [1.54, 1.807) is 11.0 Å². The van der Waals surface area contributed by atoms with Crippen LogP contribution >= 0.6 is 15.9 Å². The van der Waals surface area contributed by atoms with E-state index in [-0.39, 0.29) is 11.6 Å². The molecule has 2 heterocycles. The van der Waals surface area contributed by atoms with Crippen molar-refractivity contribution < 1.29 is 4.79 Å². The lowest BCUT2D eigenvalue weighted by Crippen LogP contribution is -2.50. The number of urea groups is 1. The average molecular weight is 468 g/mol. The van der Waals surface area contributed by atoms with Crippen LogP contribution in [0.15, 0.2) is 69.9 Å². The van der Waals surface area contributed by atoms with Crippen molar-refractivity contribution in [1.82, 2.24) is 14.7 Å². The lowest BCUT2D eigenvalue weighted by Gasteiger charge is -2.35. The molecule has 30 heavy (non-hydrogen) atoms. The van der Waals surface area contributed by atoms with Crippen molar-refractivity contribution >= 4 is 33.5 Å². The van der Waals surface area contributed by atoms with Crippen molar-refractivity contribution in [3.05, 3.63) is 81.1 Å². The van der Waals surface area contributed by atoms with Gasteiger partial charge < -0.3 is 15.1 Å². The SMILES string of the molecule is Cc1ccc(-n2nc(N3CCN(C(=O)Nc4ccccc4Br)CC3)ccc2=O)cc1. The van der Waals surface area contributed by atoms with Crippen molar-refractivity contribution in [3.63, 3.8) is 0 Å². The van der Waals surface area contributed by atoms with E-state index < -0.39 is 0 Å². The summed E-state index contributed by atoms with van der Waals surface area (Å²) in [5.74, 6) is 0.723. The van der Waals surface area contributed by atoms with Crippen LogP contribution in [0.4, 0.5) is 16.3 Å². The normalized spacial score (nSPS) is 13.9. The molecule has 1 aliphatic rings. The highest BCUT2D eigenvalue weighted by Gasteiger charge is 2.23. The predicted molar refractivity (Wildman–Crippen MR) is 122 cm³/mol. The first-order valence-electron chi connectivity index (χ1n) is 9.74. The van der Waals surface area contributed by atoms with Gasteiger partial charge in [-0.3, -0.25) is 4.79 Å². The molecule has 1 aromatic heterocycles. The Hall–Kier alpha value is -3.13. The molecule has 8 heteroatoms. The molecule has 4 rings (SSSR count). The number of benzene rings is 2. The lowest BCUT2D eigenvalue weighted by atomic mass is 10.2. The Morgan fingerprint density at radius 1 is 0.967 bits per heavy atom. The number of aryl methyl sites for hydroxylation is 1. The van der Waals surface area contributed by atoms with Gasteiger partial charge in [0.05, 0.1) is 11.4 Å². The molecule has 154 valence electrons. The molecule has 2 aromatic carbocycles. The van der Waals surface area contributed by atoms with Gasteiger partial charge in [0.25, 0.3) is 5.56 Å². The molecule has 0 saturated carbocycles. The molecule has 1 saturated heterocycles. The second-order valence-corrected chi connectivity index (χ2v) is 8.02. The van der Waals surface area contributed by atoms with Crippen LogP contribution < -0.4 is 15.8 Å². The van der Waals surface area contributed by atoms with E-state index in [4.69, 9.17) is 0 Å². The summed E-state index contributed by atoms with van der Waals surface area (Å²) >= 11 is 3.45. The predicted octanol–water partition coefficient (Wildman–Crippen LogP) is 3.66. The van der Waals surface area contributed by atoms with Crippen molar-refractivity contribution in [3.8, 4) is 5.69 Å². The van der Waals surface area contributed by atoms with Crippen LogP contribution in [0.5, 0.6) is 0 Å². The minimum absolute atomic E-state index is 0.126. The minimum Gasteiger partial charge on any atom is -0.352 e. The molecule has 7 nitrogen and oxygen atoms in total. The first-order valence-corrected chi connectivity index (χ1v) is 10.5. The van der Waals surface area contributed by atoms with Crippen molar-refractivity contribution in [2.24, 2.45) is 0 Å². The van der Waals surface area contributed by atoms with Crippen LogP contribution in [0, 0.1) is 6.92 Å². The summed E-state index contributed by atoms with van der Waals surface area (Å²) < 4.78 is 2.26. The number of carbonyl (C=O) groups excluding carboxylic acids is 1. The zero-order valence-corrected chi connectivity index (χ0v) is 18.2. The van der Waals surface area contributed by atoms with E-state index >= 15 is 0 Å². The monoisotopic (exact) mass is 467 g/mol. The van der Waals surface area contributed by atoms with E-state index in [2.05, 4.69) is 31.2 Å². The highest BCUT2D eigenvalue weighted by atomic mass is 79.9. The number of rotatable bonds is 3. The van der Waals surface area contributed by atoms with Crippen molar-refractivity contribution in [2.45, 2.75) is 6.92 Å². The maximum Gasteiger partial charge on any atom is 0.321 e. The topological polar surface area (TPSA) is 70.5 Å². The molecule has 0 bridgehead atoms. The molecule has 3 aromatic rings. The van der Waals surface area contributed by atoms with Crippen LogP contribution in [0.2, 0.25) is 0 Å². The van der Waals surface area contributed by atoms with Gasteiger partial charge in [0.2, 0.25) is 0 Å².